The summed E-state index contributed by atoms with van der Waals surface area (Å²) in [5.41, 5.74) is 2.93. The minimum Gasteiger partial charge on any atom is -0.494 e. The average Bonchev–Trinajstić information content (AvgIpc) is 3.22. The van der Waals surface area contributed by atoms with E-state index in [0.717, 1.165) is 21.7 Å². The molecule has 5 nitrogen and oxygen atoms in total. The molecule has 1 amide bonds. The van der Waals surface area contributed by atoms with Crippen molar-refractivity contribution in [2.24, 2.45) is 0 Å². The molecule has 164 valence electrons. The Hall–Kier alpha value is -2.90. The van der Waals surface area contributed by atoms with Crippen molar-refractivity contribution in [3.05, 3.63) is 78.1 Å². The number of thiazole rings is 1. The molecule has 0 fully saturated rings. The summed E-state index contributed by atoms with van der Waals surface area (Å²) in [4.78, 5) is 25.3. The number of aromatic nitrogens is 2. The summed E-state index contributed by atoms with van der Waals surface area (Å²) >= 11 is 3.20. The predicted molar refractivity (Wildman–Crippen MR) is 133 cm³/mol. The highest BCUT2D eigenvalue weighted by molar-refractivity contribution is 7.99. The Balaban J connectivity index is 1.53. The molecule has 0 saturated carbocycles. The number of ether oxygens (including phenoxy) is 1. The van der Waals surface area contributed by atoms with Crippen LogP contribution in [0.2, 0.25) is 0 Å². The molecule has 2 heterocycles. The van der Waals surface area contributed by atoms with Crippen molar-refractivity contribution in [3.8, 4) is 5.75 Å². The lowest BCUT2D eigenvalue weighted by atomic mass is 10.2. The van der Waals surface area contributed by atoms with Crippen molar-refractivity contribution in [3.63, 3.8) is 0 Å². The molecule has 0 aliphatic carbocycles. The molecule has 0 bridgehead atoms. The maximum atomic E-state index is 13.3. The van der Waals surface area contributed by atoms with Gasteiger partial charge in [0.05, 0.1) is 29.1 Å². The number of anilines is 1. The molecule has 2 aromatic carbocycles. The lowest BCUT2D eigenvalue weighted by Crippen LogP contribution is -2.30. The summed E-state index contributed by atoms with van der Waals surface area (Å²) in [7, 11) is 0. The van der Waals surface area contributed by atoms with E-state index in [4.69, 9.17) is 9.72 Å². The summed E-state index contributed by atoms with van der Waals surface area (Å²) in [5, 5.41) is 0.685. The van der Waals surface area contributed by atoms with Gasteiger partial charge in [0.15, 0.2) is 5.13 Å². The molecular weight excluding hydrogens is 438 g/mol. The van der Waals surface area contributed by atoms with Gasteiger partial charge in [-0.05, 0) is 56.3 Å². The van der Waals surface area contributed by atoms with Crippen molar-refractivity contribution < 1.29 is 9.53 Å². The van der Waals surface area contributed by atoms with Crippen LogP contribution in [0, 0.1) is 6.92 Å². The Morgan fingerprint density at radius 2 is 1.97 bits per heavy atom. The largest absolute Gasteiger partial charge is 0.494 e. The van der Waals surface area contributed by atoms with Crippen LogP contribution in [-0.2, 0) is 11.3 Å². The van der Waals surface area contributed by atoms with Crippen LogP contribution in [0.1, 0.15) is 24.6 Å². The first-order valence-corrected chi connectivity index (χ1v) is 12.4. The Bertz CT molecular complexity index is 1180. The highest BCUT2D eigenvalue weighted by Gasteiger charge is 2.21. The van der Waals surface area contributed by atoms with Crippen LogP contribution in [0.25, 0.3) is 10.2 Å². The quantitative estimate of drug-likeness (QED) is 0.280. The van der Waals surface area contributed by atoms with Gasteiger partial charge in [-0.3, -0.25) is 14.7 Å². The number of fused-ring (bicyclic) bond motifs is 1. The number of benzene rings is 2. The molecule has 0 aliphatic rings. The van der Waals surface area contributed by atoms with E-state index in [9.17, 15) is 4.79 Å². The van der Waals surface area contributed by atoms with Crippen molar-refractivity contribution in [2.75, 3.05) is 17.3 Å². The normalized spacial score (nSPS) is 10.9. The molecule has 32 heavy (non-hydrogen) atoms. The topological polar surface area (TPSA) is 55.3 Å². The Kier molecular flexibility index (Phi) is 7.39. The summed E-state index contributed by atoms with van der Waals surface area (Å²) in [5.74, 6) is 1.56. The van der Waals surface area contributed by atoms with Gasteiger partial charge in [0.2, 0.25) is 5.91 Å². The van der Waals surface area contributed by atoms with Gasteiger partial charge in [-0.1, -0.05) is 35.1 Å². The first-order chi connectivity index (χ1) is 15.6. The smallest absolute Gasteiger partial charge is 0.229 e. The fourth-order valence-corrected chi connectivity index (χ4v) is 5.06. The molecule has 0 spiro atoms. The van der Waals surface area contributed by atoms with Crippen LogP contribution in [-0.4, -0.2) is 28.2 Å². The first kappa shape index (κ1) is 22.3. The SMILES string of the molecule is CCOc1ccc2nc(N(Cc3ccccn3)C(=O)CCSc3ccc(C)cc3)sc2c1. The number of nitrogens with zero attached hydrogens (tertiary/aromatic N) is 3. The van der Waals surface area contributed by atoms with E-state index in [2.05, 4.69) is 36.2 Å². The molecule has 4 aromatic rings. The lowest BCUT2D eigenvalue weighted by Gasteiger charge is -2.19. The van der Waals surface area contributed by atoms with Gasteiger partial charge in [0, 0.05) is 23.3 Å². The van der Waals surface area contributed by atoms with Crippen LogP contribution >= 0.6 is 23.1 Å². The number of aryl methyl sites for hydroxylation is 1. The second kappa shape index (κ2) is 10.6. The van der Waals surface area contributed by atoms with Gasteiger partial charge < -0.3 is 4.74 Å². The molecule has 0 unspecified atom stereocenters. The van der Waals surface area contributed by atoms with E-state index in [1.807, 2.05) is 43.3 Å². The van der Waals surface area contributed by atoms with Crippen LogP contribution < -0.4 is 9.64 Å². The Labute approximate surface area is 196 Å². The van der Waals surface area contributed by atoms with E-state index >= 15 is 0 Å². The number of carbonyl (C=O) groups excluding carboxylic acids is 1. The Morgan fingerprint density at radius 3 is 2.72 bits per heavy atom. The predicted octanol–water partition coefficient (Wildman–Crippen LogP) is 6.11. The van der Waals surface area contributed by atoms with Gasteiger partial charge in [-0.2, -0.15) is 0 Å². The van der Waals surface area contributed by atoms with Gasteiger partial charge in [0.25, 0.3) is 0 Å². The molecule has 0 atom stereocenters. The zero-order valence-electron chi connectivity index (χ0n) is 18.2. The molecule has 0 saturated heterocycles. The van der Waals surface area contributed by atoms with E-state index in [0.29, 0.717) is 30.5 Å². The third-order valence-electron chi connectivity index (χ3n) is 4.84. The van der Waals surface area contributed by atoms with Crippen LogP contribution in [0.4, 0.5) is 5.13 Å². The van der Waals surface area contributed by atoms with Crippen molar-refractivity contribution in [1.82, 2.24) is 9.97 Å². The molecule has 0 aliphatic heterocycles. The number of carbonyl (C=O) groups is 1. The van der Waals surface area contributed by atoms with Gasteiger partial charge in [0.1, 0.15) is 5.75 Å². The van der Waals surface area contributed by atoms with Crippen molar-refractivity contribution in [1.29, 1.82) is 0 Å². The fourth-order valence-electron chi connectivity index (χ4n) is 3.21. The summed E-state index contributed by atoms with van der Waals surface area (Å²) in [6.07, 6.45) is 2.17. The van der Waals surface area contributed by atoms with Gasteiger partial charge in [-0.15, -0.1) is 11.8 Å². The zero-order chi connectivity index (χ0) is 22.3. The summed E-state index contributed by atoms with van der Waals surface area (Å²) in [6.45, 7) is 5.04. The lowest BCUT2D eigenvalue weighted by molar-refractivity contribution is -0.118. The third-order valence-corrected chi connectivity index (χ3v) is 6.90. The van der Waals surface area contributed by atoms with Crippen LogP contribution in [0.15, 0.2) is 71.8 Å². The van der Waals surface area contributed by atoms with E-state index in [-0.39, 0.29) is 5.91 Å². The highest BCUT2D eigenvalue weighted by atomic mass is 32.2. The third kappa shape index (κ3) is 5.66. The number of pyridine rings is 1. The highest BCUT2D eigenvalue weighted by Crippen LogP contribution is 2.33. The second-order valence-electron chi connectivity index (χ2n) is 7.27. The first-order valence-electron chi connectivity index (χ1n) is 10.6. The molecule has 2 aromatic heterocycles. The van der Waals surface area contributed by atoms with Crippen LogP contribution in [0.5, 0.6) is 5.75 Å². The number of hydrogen-bond acceptors (Lipinski definition) is 6. The Morgan fingerprint density at radius 1 is 1.12 bits per heavy atom. The molecule has 0 radical (unpaired) electrons. The molecular formula is C25H25N3O2S2. The minimum absolute atomic E-state index is 0.0411. The van der Waals surface area contributed by atoms with E-state index in [1.54, 1.807) is 22.9 Å². The molecule has 7 heteroatoms. The molecule has 0 N–H and O–H groups in total. The zero-order valence-corrected chi connectivity index (χ0v) is 19.8. The average molecular weight is 464 g/mol. The maximum absolute atomic E-state index is 13.3. The van der Waals surface area contributed by atoms with Crippen molar-refractivity contribution in [2.45, 2.75) is 31.7 Å². The number of amides is 1. The summed E-state index contributed by atoms with van der Waals surface area (Å²) < 4.78 is 6.61. The minimum atomic E-state index is 0.0411. The molecule has 4 rings (SSSR count). The summed E-state index contributed by atoms with van der Waals surface area (Å²) in [6, 6.07) is 20.0. The van der Waals surface area contributed by atoms with Crippen LogP contribution in [0.3, 0.4) is 0 Å². The van der Waals surface area contributed by atoms with E-state index < -0.39 is 0 Å². The maximum Gasteiger partial charge on any atom is 0.229 e. The van der Waals surface area contributed by atoms with Crippen molar-refractivity contribution >= 4 is 44.4 Å². The van der Waals surface area contributed by atoms with Gasteiger partial charge >= 0.3 is 0 Å². The monoisotopic (exact) mass is 463 g/mol. The number of hydrogen-bond donors (Lipinski definition) is 0. The van der Waals surface area contributed by atoms with Gasteiger partial charge in [-0.25, -0.2) is 4.98 Å². The number of rotatable bonds is 9. The fraction of sp³-hybridized carbons (Fsp3) is 0.240. The standard InChI is InChI=1S/C25H25N3O2S2/c1-3-30-20-9-12-22-23(16-20)32-25(27-22)28(17-19-6-4-5-14-26-19)24(29)13-15-31-21-10-7-18(2)8-11-21/h4-12,14,16H,3,13,15,17H2,1-2H3. The number of thioether (sulfide) groups is 1. The second-order valence-corrected chi connectivity index (χ2v) is 9.45. The van der Waals surface area contributed by atoms with E-state index in [1.165, 1.54) is 21.8 Å².